The molecule has 0 aromatic heterocycles. The molecule has 6 unspecified atom stereocenters. The molecular formula is C16H28I2. The van der Waals surface area contributed by atoms with Crippen LogP contribution in [0, 0.1) is 35.5 Å². The first kappa shape index (κ1) is 15.8. The molecule has 0 saturated heterocycles. The van der Waals surface area contributed by atoms with E-state index in [0.29, 0.717) is 0 Å². The van der Waals surface area contributed by atoms with Crippen molar-refractivity contribution in [2.45, 2.75) is 52.4 Å². The zero-order valence-corrected chi connectivity index (χ0v) is 16.2. The Labute approximate surface area is 141 Å². The van der Waals surface area contributed by atoms with E-state index in [2.05, 4.69) is 59.0 Å². The highest BCUT2D eigenvalue weighted by molar-refractivity contribution is 14.1. The van der Waals surface area contributed by atoms with E-state index < -0.39 is 0 Å². The highest BCUT2D eigenvalue weighted by Crippen LogP contribution is 2.44. The molecular weight excluding hydrogens is 446 g/mol. The van der Waals surface area contributed by atoms with Gasteiger partial charge in [-0.05, 0) is 74.0 Å². The standard InChI is InChI=1S/C16H28I2/c1-11-5-13(15(7-11)9-17)3-4-14-6-12(2)8-16(14)10-18/h11-16H,3-10H2,1-2H3. The van der Waals surface area contributed by atoms with Crippen molar-refractivity contribution < 1.29 is 0 Å². The zero-order valence-electron chi connectivity index (χ0n) is 11.9. The maximum atomic E-state index is 2.62. The Bertz CT molecular complexity index is 227. The molecule has 6 atom stereocenters. The second-order valence-electron chi connectivity index (χ2n) is 7.08. The lowest BCUT2D eigenvalue weighted by atomic mass is 9.86. The SMILES string of the molecule is CC1CC(CI)C(CCC2CC(C)CC2CI)C1. The second-order valence-corrected chi connectivity index (χ2v) is 8.84. The van der Waals surface area contributed by atoms with Gasteiger partial charge >= 0.3 is 0 Å². The topological polar surface area (TPSA) is 0 Å². The minimum absolute atomic E-state index is 0.998. The van der Waals surface area contributed by atoms with Gasteiger partial charge in [0.05, 0.1) is 0 Å². The van der Waals surface area contributed by atoms with E-state index in [0.717, 1.165) is 35.5 Å². The van der Waals surface area contributed by atoms with Crippen LogP contribution < -0.4 is 0 Å². The quantitative estimate of drug-likeness (QED) is 0.341. The summed E-state index contributed by atoms with van der Waals surface area (Å²) in [5.74, 6) is 6.19. The van der Waals surface area contributed by atoms with Gasteiger partial charge in [-0.2, -0.15) is 0 Å². The van der Waals surface area contributed by atoms with Crippen LogP contribution in [0.5, 0.6) is 0 Å². The maximum absolute atomic E-state index is 2.62. The molecule has 106 valence electrons. The largest absolute Gasteiger partial charge is 0.0861 e. The third kappa shape index (κ3) is 3.98. The van der Waals surface area contributed by atoms with Crippen LogP contribution in [-0.2, 0) is 0 Å². The van der Waals surface area contributed by atoms with Crippen LogP contribution in [0.3, 0.4) is 0 Å². The van der Waals surface area contributed by atoms with Crippen LogP contribution >= 0.6 is 45.2 Å². The first-order valence-electron chi connectivity index (χ1n) is 7.75. The van der Waals surface area contributed by atoms with Crippen molar-refractivity contribution >= 4 is 45.2 Å². The first-order valence-corrected chi connectivity index (χ1v) is 10.8. The summed E-state index contributed by atoms with van der Waals surface area (Å²) in [6.45, 7) is 4.93. The molecule has 2 aliphatic carbocycles. The van der Waals surface area contributed by atoms with Gasteiger partial charge in [-0.3, -0.25) is 0 Å². The zero-order chi connectivity index (χ0) is 13.1. The molecule has 2 rings (SSSR count). The van der Waals surface area contributed by atoms with E-state index in [1.54, 1.807) is 0 Å². The van der Waals surface area contributed by atoms with Crippen LogP contribution in [0.4, 0.5) is 0 Å². The second kappa shape index (κ2) is 7.46. The van der Waals surface area contributed by atoms with Gasteiger partial charge in [0.2, 0.25) is 0 Å². The average Bonchev–Trinajstić information content (AvgIpc) is 2.89. The van der Waals surface area contributed by atoms with E-state index in [4.69, 9.17) is 0 Å². The normalized spacial score (nSPS) is 44.7. The summed E-state index contributed by atoms with van der Waals surface area (Å²) in [4.78, 5) is 0. The minimum Gasteiger partial charge on any atom is -0.0861 e. The average molecular weight is 474 g/mol. The first-order chi connectivity index (χ1) is 8.63. The fourth-order valence-electron chi connectivity index (χ4n) is 4.54. The summed E-state index contributed by atoms with van der Waals surface area (Å²) < 4.78 is 2.78. The molecule has 2 saturated carbocycles. The summed E-state index contributed by atoms with van der Waals surface area (Å²) in [5, 5.41) is 0. The Kier molecular flexibility index (Phi) is 6.57. The molecule has 2 aliphatic rings. The monoisotopic (exact) mass is 474 g/mol. The third-order valence-electron chi connectivity index (χ3n) is 5.46. The fraction of sp³-hybridized carbons (Fsp3) is 1.00. The molecule has 0 aromatic rings. The number of hydrogen-bond acceptors (Lipinski definition) is 0. The lowest BCUT2D eigenvalue weighted by Gasteiger charge is -2.22. The molecule has 2 heteroatoms. The summed E-state index contributed by atoms with van der Waals surface area (Å²) in [6.07, 6.45) is 9.11. The number of rotatable bonds is 5. The van der Waals surface area contributed by atoms with Crippen molar-refractivity contribution in [2.24, 2.45) is 35.5 Å². The van der Waals surface area contributed by atoms with Crippen LogP contribution in [0.2, 0.25) is 0 Å². The van der Waals surface area contributed by atoms with Gasteiger partial charge in [-0.15, -0.1) is 0 Å². The summed E-state index contributed by atoms with van der Waals surface area (Å²) >= 11 is 5.23. The van der Waals surface area contributed by atoms with E-state index in [1.807, 2.05) is 0 Å². The maximum Gasteiger partial charge on any atom is 0.00264 e. The van der Waals surface area contributed by atoms with Crippen molar-refractivity contribution in [3.8, 4) is 0 Å². The molecule has 0 heterocycles. The lowest BCUT2D eigenvalue weighted by Crippen LogP contribution is -2.14. The summed E-state index contributed by atoms with van der Waals surface area (Å²) in [6, 6.07) is 0. The van der Waals surface area contributed by atoms with Gasteiger partial charge in [-0.25, -0.2) is 0 Å². The highest BCUT2D eigenvalue weighted by atomic mass is 127. The molecule has 0 amide bonds. The summed E-state index contributed by atoms with van der Waals surface area (Å²) in [7, 11) is 0. The molecule has 0 bridgehead atoms. The van der Waals surface area contributed by atoms with E-state index in [1.165, 1.54) is 47.4 Å². The molecule has 0 radical (unpaired) electrons. The lowest BCUT2D eigenvalue weighted by molar-refractivity contribution is 0.315. The molecule has 0 N–H and O–H groups in total. The van der Waals surface area contributed by atoms with Crippen LogP contribution in [0.1, 0.15) is 52.4 Å². The van der Waals surface area contributed by atoms with Gasteiger partial charge in [0.25, 0.3) is 0 Å². The smallest absolute Gasteiger partial charge is 0.00264 e. The van der Waals surface area contributed by atoms with E-state index >= 15 is 0 Å². The Balaban J connectivity index is 1.80. The van der Waals surface area contributed by atoms with Crippen LogP contribution in [0.15, 0.2) is 0 Å². The van der Waals surface area contributed by atoms with E-state index in [-0.39, 0.29) is 0 Å². The summed E-state index contributed by atoms with van der Waals surface area (Å²) in [5.41, 5.74) is 0. The number of alkyl halides is 2. The molecule has 0 aromatic carbocycles. The van der Waals surface area contributed by atoms with E-state index in [9.17, 15) is 0 Å². The molecule has 0 nitrogen and oxygen atoms in total. The third-order valence-corrected chi connectivity index (χ3v) is 7.72. The predicted molar refractivity (Wildman–Crippen MR) is 97.8 cm³/mol. The molecule has 0 aliphatic heterocycles. The number of halogens is 2. The van der Waals surface area contributed by atoms with Gasteiger partial charge in [0.15, 0.2) is 0 Å². The Morgan fingerprint density at radius 1 is 0.667 bits per heavy atom. The highest BCUT2D eigenvalue weighted by Gasteiger charge is 2.34. The Morgan fingerprint density at radius 3 is 1.33 bits per heavy atom. The van der Waals surface area contributed by atoms with Crippen LogP contribution in [-0.4, -0.2) is 8.86 Å². The predicted octanol–water partition coefficient (Wildman–Crippen LogP) is 5.96. The van der Waals surface area contributed by atoms with Gasteiger partial charge in [0, 0.05) is 8.86 Å². The Hall–Kier alpha value is 1.46. The van der Waals surface area contributed by atoms with Crippen molar-refractivity contribution in [1.82, 2.24) is 0 Å². The van der Waals surface area contributed by atoms with Crippen molar-refractivity contribution in [2.75, 3.05) is 8.86 Å². The van der Waals surface area contributed by atoms with Gasteiger partial charge in [-0.1, -0.05) is 59.0 Å². The van der Waals surface area contributed by atoms with Crippen molar-refractivity contribution in [1.29, 1.82) is 0 Å². The van der Waals surface area contributed by atoms with Crippen molar-refractivity contribution in [3.05, 3.63) is 0 Å². The minimum atomic E-state index is 0.998. The molecule has 0 spiro atoms. The fourth-order valence-corrected chi connectivity index (χ4v) is 6.70. The van der Waals surface area contributed by atoms with Gasteiger partial charge in [0.1, 0.15) is 0 Å². The number of hydrogen-bond donors (Lipinski definition) is 0. The Morgan fingerprint density at radius 2 is 1.00 bits per heavy atom. The van der Waals surface area contributed by atoms with Crippen molar-refractivity contribution in [3.63, 3.8) is 0 Å². The van der Waals surface area contributed by atoms with Crippen LogP contribution in [0.25, 0.3) is 0 Å². The molecule has 18 heavy (non-hydrogen) atoms. The molecule has 2 fully saturated rings. The van der Waals surface area contributed by atoms with Gasteiger partial charge < -0.3 is 0 Å².